The van der Waals surface area contributed by atoms with E-state index in [2.05, 4.69) is 29.9 Å². The van der Waals surface area contributed by atoms with E-state index in [0.29, 0.717) is 17.9 Å². The molecule has 4 rings (SSSR count). The molecule has 122 valence electrons. The van der Waals surface area contributed by atoms with Crippen LogP contribution in [0.15, 0.2) is 29.4 Å². The van der Waals surface area contributed by atoms with E-state index in [1.165, 1.54) is 0 Å². The monoisotopic (exact) mass is 312 g/mol. The molecule has 2 fully saturated rings. The molecule has 3 aliphatic rings. The third kappa shape index (κ3) is 2.57. The number of fused-ring (bicyclic) bond motifs is 2. The van der Waals surface area contributed by atoms with Gasteiger partial charge in [0, 0.05) is 30.4 Å². The summed E-state index contributed by atoms with van der Waals surface area (Å²) >= 11 is 0. The summed E-state index contributed by atoms with van der Waals surface area (Å²) in [5.74, 6) is 1.79. The number of hydrogen-bond donors (Lipinski definition) is 0. The molecule has 0 radical (unpaired) electrons. The molecule has 0 spiro atoms. The van der Waals surface area contributed by atoms with E-state index in [-0.39, 0.29) is 12.0 Å². The van der Waals surface area contributed by atoms with Crippen molar-refractivity contribution in [3.63, 3.8) is 0 Å². The van der Waals surface area contributed by atoms with Gasteiger partial charge in [0.1, 0.15) is 5.84 Å². The molecule has 0 bridgehead atoms. The zero-order valence-corrected chi connectivity index (χ0v) is 13.9. The van der Waals surface area contributed by atoms with Crippen molar-refractivity contribution in [1.82, 2.24) is 14.8 Å². The number of amidine groups is 1. The van der Waals surface area contributed by atoms with Crippen molar-refractivity contribution in [1.29, 1.82) is 0 Å². The first kappa shape index (κ1) is 14.8. The number of carbonyl (C=O) groups excluding carboxylic acids is 1. The van der Waals surface area contributed by atoms with Gasteiger partial charge in [-0.25, -0.2) is 0 Å². The molecule has 0 aromatic carbocycles. The van der Waals surface area contributed by atoms with Crippen LogP contribution < -0.4 is 0 Å². The molecule has 4 unspecified atom stereocenters. The highest BCUT2D eigenvalue weighted by molar-refractivity contribution is 6.03. The van der Waals surface area contributed by atoms with Crippen LogP contribution in [0.4, 0.5) is 0 Å². The van der Waals surface area contributed by atoms with Gasteiger partial charge in [0.2, 0.25) is 5.91 Å². The second-order valence-electron chi connectivity index (χ2n) is 7.20. The fourth-order valence-corrected chi connectivity index (χ4v) is 4.16. The van der Waals surface area contributed by atoms with Crippen molar-refractivity contribution in [3.05, 3.63) is 30.1 Å². The number of hydrogen-bond acceptors (Lipinski definition) is 4. The van der Waals surface area contributed by atoms with Gasteiger partial charge in [-0.15, -0.1) is 0 Å². The molecule has 1 saturated carbocycles. The Morgan fingerprint density at radius 1 is 1.26 bits per heavy atom. The van der Waals surface area contributed by atoms with Crippen LogP contribution in [-0.4, -0.2) is 58.7 Å². The zero-order chi connectivity index (χ0) is 16.0. The van der Waals surface area contributed by atoms with Gasteiger partial charge in [0.05, 0.1) is 18.5 Å². The van der Waals surface area contributed by atoms with Gasteiger partial charge in [0.25, 0.3) is 0 Å². The van der Waals surface area contributed by atoms with Gasteiger partial charge in [-0.05, 0) is 45.4 Å². The van der Waals surface area contributed by atoms with Crippen molar-refractivity contribution in [2.75, 3.05) is 20.1 Å². The highest BCUT2D eigenvalue weighted by Crippen LogP contribution is 2.39. The summed E-state index contributed by atoms with van der Waals surface area (Å²) in [6.07, 6.45) is 4.78. The Morgan fingerprint density at radius 2 is 2.13 bits per heavy atom. The second-order valence-corrected chi connectivity index (χ2v) is 7.20. The van der Waals surface area contributed by atoms with E-state index in [9.17, 15) is 4.79 Å². The van der Waals surface area contributed by atoms with Crippen LogP contribution in [-0.2, 0) is 4.79 Å². The summed E-state index contributed by atoms with van der Waals surface area (Å²) in [7, 11) is 2.11. The maximum absolute atomic E-state index is 12.9. The second kappa shape index (κ2) is 5.71. The van der Waals surface area contributed by atoms with E-state index in [1.807, 2.05) is 23.2 Å². The number of rotatable bonds is 1. The highest BCUT2D eigenvalue weighted by atomic mass is 16.2. The van der Waals surface area contributed by atoms with E-state index in [4.69, 9.17) is 4.99 Å². The Labute approximate surface area is 137 Å². The number of carbonyl (C=O) groups is 1. The topological polar surface area (TPSA) is 48.8 Å². The number of aliphatic imine (C=N–C) groups is 1. The Balaban J connectivity index is 1.58. The summed E-state index contributed by atoms with van der Waals surface area (Å²) in [6.45, 7) is 3.74. The minimum Gasteiger partial charge on any atom is -0.298 e. The molecule has 1 aliphatic carbocycles. The summed E-state index contributed by atoms with van der Waals surface area (Å²) in [4.78, 5) is 26.6. The predicted octanol–water partition coefficient (Wildman–Crippen LogP) is 1.91. The first-order valence-corrected chi connectivity index (χ1v) is 8.62. The van der Waals surface area contributed by atoms with E-state index in [0.717, 1.165) is 43.9 Å². The smallest absolute Gasteiger partial charge is 0.233 e. The molecule has 1 saturated heterocycles. The Morgan fingerprint density at radius 3 is 2.91 bits per heavy atom. The number of piperazine rings is 1. The molecule has 23 heavy (non-hydrogen) atoms. The first-order chi connectivity index (χ1) is 11.1. The van der Waals surface area contributed by atoms with E-state index >= 15 is 0 Å². The third-order valence-corrected chi connectivity index (χ3v) is 5.72. The SMILES string of the molecule is CC1CN2C(=O)C3CCC(c4ccccn4)CC3N=C2CN1C. The van der Waals surface area contributed by atoms with Crippen molar-refractivity contribution in [2.24, 2.45) is 10.9 Å². The fourth-order valence-electron chi connectivity index (χ4n) is 4.16. The van der Waals surface area contributed by atoms with Crippen LogP contribution in [0.3, 0.4) is 0 Å². The molecule has 5 heteroatoms. The first-order valence-electron chi connectivity index (χ1n) is 8.62. The van der Waals surface area contributed by atoms with Gasteiger partial charge in [0.15, 0.2) is 0 Å². The molecule has 3 heterocycles. The number of likely N-dealkylation sites (N-methyl/N-ethyl adjacent to an activating group) is 1. The lowest BCUT2D eigenvalue weighted by Gasteiger charge is -2.46. The normalized spacial score (nSPS) is 34.6. The minimum absolute atomic E-state index is 0.0781. The molecule has 1 aromatic rings. The van der Waals surface area contributed by atoms with Crippen LogP contribution in [0.25, 0.3) is 0 Å². The van der Waals surface area contributed by atoms with Crippen molar-refractivity contribution in [3.8, 4) is 0 Å². The van der Waals surface area contributed by atoms with Crippen LogP contribution in [0.1, 0.15) is 37.8 Å². The zero-order valence-electron chi connectivity index (χ0n) is 13.9. The predicted molar refractivity (Wildman–Crippen MR) is 89.3 cm³/mol. The van der Waals surface area contributed by atoms with Gasteiger partial charge in [-0.2, -0.15) is 0 Å². The van der Waals surface area contributed by atoms with Crippen molar-refractivity contribution >= 4 is 11.7 Å². The molecular weight excluding hydrogens is 288 g/mol. The molecule has 4 atom stereocenters. The quantitative estimate of drug-likeness (QED) is 0.796. The van der Waals surface area contributed by atoms with Crippen LogP contribution in [0.5, 0.6) is 0 Å². The lowest BCUT2D eigenvalue weighted by atomic mass is 9.75. The molecule has 2 aliphatic heterocycles. The molecule has 1 aromatic heterocycles. The lowest BCUT2D eigenvalue weighted by Crippen LogP contribution is -2.60. The fraction of sp³-hybridized carbons (Fsp3) is 0.611. The maximum atomic E-state index is 12.9. The Hall–Kier alpha value is -1.75. The number of nitrogens with zero attached hydrogens (tertiary/aromatic N) is 4. The van der Waals surface area contributed by atoms with Crippen molar-refractivity contribution < 1.29 is 4.79 Å². The Bertz CT molecular complexity index is 629. The average Bonchev–Trinajstić information content (AvgIpc) is 2.57. The molecule has 5 nitrogen and oxygen atoms in total. The number of pyridine rings is 1. The molecular formula is C18H24N4O. The third-order valence-electron chi connectivity index (χ3n) is 5.72. The summed E-state index contributed by atoms with van der Waals surface area (Å²) in [5.41, 5.74) is 1.15. The Kier molecular flexibility index (Phi) is 3.68. The average molecular weight is 312 g/mol. The lowest BCUT2D eigenvalue weighted by molar-refractivity contribution is -0.135. The van der Waals surface area contributed by atoms with E-state index in [1.54, 1.807) is 0 Å². The van der Waals surface area contributed by atoms with Gasteiger partial charge < -0.3 is 0 Å². The van der Waals surface area contributed by atoms with Gasteiger partial charge >= 0.3 is 0 Å². The van der Waals surface area contributed by atoms with Crippen LogP contribution in [0.2, 0.25) is 0 Å². The standard InChI is InChI=1S/C18H24N4O/c1-12-10-22-17(11-21(12)2)20-16-9-13(6-7-14(16)18(22)23)15-5-3-4-8-19-15/h3-5,8,12-14,16H,6-7,9-11H2,1-2H3. The van der Waals surface area contributed by atoms with Crippen LogP contribution in [0, 0.1) is 5.92 Å². The summed E-state index contributed by atoms with van der Waals surface area (Å²) < 4.78 is 0. The summed E-state index contributed by atoms with van der Waals surface area (Å²) in [6, 6.07) is 6.64. The molecule has 1 amide bonds. The maximum Gasteiger partial charge on any atom is 0.233 e. The van der Waals surface area contributed by atoms with Gasteiger partial charge in [-0.3, -0.25) is 24.6 Å². The summed E-state index contributed by atoms with van der Waals surface area (Å²) in [5, 5.41) is 0. The largest absolute Gasteiger partial charge is 0.298 e. The minimum atomic E-state index is 0.0781. The highest BCUT2D eigenvalue weighted by Gasteiger charge is 2.44. The molecule has 0 N–H and O–H groups in total. The van der Waals surface area contributed by atoms with Crippen LogP contribution >= 0.6 is 0 Å². The number of aromatic nitrogens is 1. The van der Waals surface area contributed by atoms with E-state index < -0.39 is 0 Å². The van der Waals surface area contributed by atoms with Gasteiger partial charge in [-0.1, -0.05) is 6.07 Å². The van der Waals surface area contributed by atoms with Crippen molar-refractivity contribution in [2.45, 2.75) is 44.2 Å². The number of amides is 1.